The van der Waals surface area contributed by atoms with E-state index in [1.54, 1.807) is 27.7 Å². The van der Waals surface area contributed by atoms with Crippen molar-refractivity contribution in [1.82, 2.24) is 5.01 Å². The molecule has 0 radical (unpaired) electrons. The van der Waals surface area contributed by atoms with Crippen LogP contribution in [-0.2, 0) is 4.79 Å². The van der Waals surface area contributed by atoms with Crippen molar-refractivity contribution in [3.8, 4) is 0 Å². The second-order valence-corrected chi connectivity index (χ2v) is 9.80. The molecule has 0 saturated heterocycles. The number of hydrogen-bond acceptors (Lipinski definition) is 4. The fourth-order valence-corrected chi connectivity index (χ4v) is 5.72. The highest BCUT2D eigenvalue weighted by Gasteiger charge is 2.39. The molecule has 6 heteroatoms. The minimum absolute atomic E-state index is 0.0446. The lowest BCUT2D eigenvalue weighted by Crippen LogP contribution is -2.53. The number of carbonyl (C=O) groups excluding carboxylic acids is 1. The lowest BCUT2D eigenvalue weighted by Gasteiger charge is -2.36. The van der Waals surface area contributed by atoms with Crippen LogP contribution >= 0.6 is 22.7 Å². The van der Waals surface area contributed by atoms with E-state index in [-0.39, 0.29) is 11.9 Å². The molecule has 0 N–H and O–H groups in total. The molecule has 0 bridgehead atoms. The first-order valence-electron chi connectivity index (χ1n) is 9.34. The Morgan fingerprint density at radius 1 is 1.19 bits per heavy atom. The standard InChI is InChI=1S/C20H26N3OS2/c1-23(2,15-7-3-4-8-15)14-20(24)22-17(19-10-6-12-26-19)13-16(21-22)18-9-5-11-25-18/h5-6,9-12,15,17H,3-4,7-8,13-14H2,1-2H3/q+1/t17-/m0/s1. The molecule has 0 spiro atoms. The second-order valence-electron chi connectivity index (χ2n) is 7.87. The summed E-state index contributed by atoms with van der Waals surface area (Å²) < 4.78 is 0.774. The lowest BCUT2D eigenvalue weighted by molar-refractivity contribution is -0.907. The van der Waals surface area contributed by atoms with Gasteiger partial charge in [-0.05, 0) is 48.6 Å². The molecule has 1 fully saturated rings. The molecule has 2 aromatic heterocycles. The van der Waals surface area contributed by atoms with Crippen molar-refractivity contribution in [2.45, 2.75) is 44.2 Å². The number of likely N-dealkylation sites (N-methyl/N-ethyl adjacent to an activating group) is 1. The summed E-state index contributed by atoms with van der Waals surface area (Å²) in [4.78, 5) is 15.6. The Hall–Kier alpha value is -1.50. The van der Waals surface area contributed by atoms with Gasteiger partial charge in [-0.3, -0.25) is 4.79 Å². The maximum absolute atomic E-state index is 13.2. The van der Waals surface area contributed by atoms with Gasteiger partial charge < -0.3 is 4.48 Å². The predicted molar refractivity (Wildman–Crippen MR) is 109 cm³/mol. The van der Waals surface area contributed by atoms with Crippen molar-refractivity contribution in [3.05, 3.63) is 44.8 Å². The van der Waals surface area contributed by atoms with E-state index in [1.165, 1.54) is 35.4 Å². The zero-order valence-corrected chi connectivity index (χ0v) is 17.1. The van der Waals surface area contributed by atoms with Gasteiger partial charge in [-0.25, -0.2) is 5.01 Å². The van der Waals surface area contributed by atoms with Crippen molar-refractivity contribution < 1.29 is 9.28 Å². The Bertz CT molecular complexity index is 774. The Labute approximate surface area is 163 Å². The third-order valence-electron chi connectivity index (χ3n) is 5.70. The fraction of sp³-hybridized carbons (Fsp3) is 0.500. The van der Waals surface area contributed by atoms with E-state index < -0.39 is 0 Å². The Balaban J connectivity index is 1.57. The van der Waals surface area contributed by atoms with Crippen LogP contribution in [0, 0.1) is 0 Å². The summed E-state index contributed by atoms with van der Waals surface area (Å²) in [5, 5.41) is 10.7. The summed E-state index contributed by atoms with van der Waals surface area (Å²) in [6, 6.07) is 8.98. The quantitative estimate of drug-likeness (QED) is 0.694. The summed E-state index contributed by atoms with van der Waals surface area (Å²) >= 11 is 3.41. The van der Waals surface area contributed by atoms with Crippen LogP contribution in [0.1, 0.15) is 47.9 Å². The second kappa shape index (κ2) is 7.25. The van der Waals surface area contributed by atoms with Gasteiger partial charge in [0.2, 0.25) is 0 Å². The molecule has 0 aromatic carbocycles. The van der Waals surface area contributed by atoms with Crippen molar-refractivity contribution in [3.63, 3.8) is 0 Å². The summed E-state index contributed by atoms with van der Waals surface area (Å²) in [7, 11) is 4.40. The van der Waals surface area contributed by atoms with E-state index in [9.17, 15) is 4.79 Å². The summed E-state index contributed by atoms with van der Waals surface area (Å²) in [5.41, 5.74) is 1.04. The van der Waals surface area contributed by atoms with E-state index in [0.29, 0.717) is 12.6 Å². The SMILES string of the molecule is C[N+](C)(CC(=O)N1N=C(c2cccs2)C[C@H]1c1cccs1)C1CCCC1. The third-order valence-corrected chi connectivity index (χ3v) is 7.59. The van der Waals surface area contributed by atoms with Gasteiger partial charge in [-0.1, -0.05) is 12.1 Å². The number of hydrazone groups is 1. The van der Waals surface area contributed by atoms with E-state index in [2.05, 4.69) is 43.1 Å². The van der Waals surface area contributed by atoms with E-state index in [1.807, 2.05) is 6.07 Å². The highest BCUT2D eigenvalue weighted by atomic mass is 32.1. The van der Waals surface area contributed by atoms with Crippen LogP contribution in [0.25, 0.3) is 0 Å². The number of quaternary nitrogens is 1. The number of hydrogen-bond donors (Lipinski definition) is 0. The van der Waals surface area contributed by atoms with Crippen molar-refractivity contribution >= 4 is 34.3 Å². The van der Waals surface area contributed by atoms with Gasteiger partial charge >= 0.3 is 0 Å². The van der Waals surface area contributed by atoms with Crippen LogP contribution in [-0.4, -0.2) is 47.8 Å². The van der Waals surface area contributed by atoms with Crippen LogP contribution in [0.4, 0.5) is 0 Å². The molecule has 138 valence electrons. The van der Waals surface area contributed by atoms with Crippen molar-refractivity contribution in [1.29, 1.82) is 0 Å². The number of amides is 1. The first-order valence-corrected chi connectivity index (χ1v) is 11.1. The topological polar surface area (TPSA) is 32.7 Å². The normalized spacial score (nSPS) is 21.4. The van der Waals surface area contributed by atoms with Crippen LogP contribution in [0.5, 0.6) is 0 Å². The van der Waals surface area contributed by atoms with Gasteiger partial charge in [0.1, 0.15) is 0 Å². The van der Waals surface area contributed by atoms with Crippen LogP contribution < -0.4 is 0 Å². The van der Waals surface area contributed by atoms with Crippen LogP contribution in [0.3, 0.4) is 0 Å². The number of nitrogens with zero attached hydrogens (tertiary/aromatic N) is 3. The minimum atomic E-state index is 0.0446. The van der Waals surface area contributed by atoms with E-state index in [4.69, 9.17) is 5.10 Å². The zero-order chi connectivity index (χ0) is 18.1. The molecule has 1 atom stereocenters. The molecule has 3 heterocycles. The van der Waals surface area contributed by atoms with Gasteiger partial charge in [-0.15, -0.1) is 22.7 Å². The lowest BCUT2D eigenvalue weighted by atomic mass is 10.1. The zero-order valence-electron chi connectivity index (χ0n) is 15.4. The first-order chi connectivity index (χ1) is 12.5. The van der Waals surface area contributed by atoms with Gasteiger partial charge in [0.25, 0.3) is 5.91 Å². The molecule has 2 aromatic rings. The molecule has 1 saturated carbocycles. The van der Waals surface area contributed by atoms with Crippen LogP contribution in [0.2, 0.25) is 0 Å². The Morgan fingerprint density at radius 2 is 1.92 bits per heavy atom. The number of rotatable bonds is 5. The molecule has 4 rings (SSSR count). The molecular formula is C20H26N3OS2+. The molecule has 2 aliphatic rings. The number of thiophene rings is 2. The van der Waals surface area contributed by atoms with Gasteiger partial charge in [0.05, 0.1) is 36.8 Å². The summed E-state index contributed by atoms with van der Waals surface area (Å²) in [6.07, 6.45) is 5.87. The van der Waals surface area contributed by atoms with Gasteiger partial charge in [0, 0.05) is 11.3 Å². The largest absolute Gasteiger partial charge is 0.318 e. The highest BCUT2D eigenvalue weighted by molar-refractivity contribution is 7.12. The molecule has 26 heavy (non-hydrogen) atoms. The molecular weight excluding hydrogens is 362 g/mol. The number of carbonyl (C=O) groups is 1. The smallest absolute Gasteiger partial charge is 0.298 e. The predicted octanol–water partition coefficient (Wildman–Crippen LogP) is 4.51. The monoisotopic (exact) mass is 388 g/mol. The highest BCUT2D eigenvalue weighted by Crippen LogP contribution is 2.36. The molecule has 1 aliphatic heterocycles. The Morgan fingerprint density at radius 3 is 2.58 bits per heavy atom. The van der Waals surface area contributed by atoms with Gasteiger partial charge in [0.15, 0.2) is 6.54 Å². The maximum Gasteiger partial charge on any atom is 0.298 e. The van der Waals surface area contributed by atoms with E-state index >= 15 is 0 Å². The van der Waals surface area contributed by atoms with Crippen LogP contribution in [0.15, 0.2) is 40.1 Å². The maximum atomic E-state index is 13.2. The van der Waals surface area contributed by atoms with Crippen molar-refractivity contribution in [2.24, 2.45) is 5.10 Å². The third kappa shape index (κ3) is 3.50. The molecule has 4 nitrogen and oxygen atoms in total. The molecule has 1 amide bonds. The average Bonchev–Trinajstić information content (AvgIpc) is 3.43. The van der Waals surface area contributed by atoms with Gasteiger partial charge in [-0.2, -0.15) is 5.10 Å². The minimum Gasteiger partial charge on any atom is -0.318 e. The van der Waals surface area contributed by atoms with E-state index in [0.717, 1.165) is 16.6 Å². The molecule has 0 unspecified atom stereocenters. The Kier molecular flexibility index (Phi) is 4.99. The summed E-state index contributed by atoms with van der Waals surface area (Å²) in [5.74, 6) is 0.145. The molecule has 1 aliphatic carbocycles. The first kappa shape index (κ1) is 17.9. The summed E-state index contributed by atoms with van der Waals surface area (Å²) in [6.45, 7) is 0.522. The van der Waals surface area contributed by atoms with Crippen molar-refractivity contribution in [2.75, 3.05) is 20.6 Å². The fourth-order valence-electron chi connectivity index (χ4n) is 4.19. The average molecular weight is 389 g/mol.